The van der Waals surface area contributed by atoms with Crippen molar-refractivity contribution in [1.29, 1.82) is 5.26 Å². The van der Waals surface area contributed by atoms with Crippen LogP contribution in [0.5, 0.6) is 0 Å². The Kier molecular flexibility index (Phi) is 11.3. The monoisotopic (exact) mass is 581 g/mol. The number of anilines is 1. The predicted molar refractivity (Wildman–Crippen MR) is 162 cm³/mol. The van der Waals surface area contributed by atoms with Gasteiger partial charge >= 0.3 is 0 Å². The van der Waals surface area contributed by atoms with Gasteiger partial charge in [-0.2, -0.15) is 5.26 Å². The molecule has 3 fully saturated rings. The molecule has 1 aromatic rings. The number of hydrogen-bond acceptors (Lipinski definition) is 8. The van der Waals surface area contributed by atoms with Crippen LogP contribution in [0.3, 0.4) is 0 Å². The summed E-state index contributed by atoms with van der Waals surface area (Å²) in [5.41, 5.74) is 7.64. The van der Waals surface area contributed by atoms with Crippen LogP contribution in [0.15, 0.2) is 35.0 Å². The van der Waals surface area contributed by atoms with E-state index in [1.807, 2.05) is 19.1 Å². The van der Waals surface area contributed by atoms with Gasteiger partial charge in [0.15, 0.2) is 0 Å². The lowest BCUT2D eigenvalue weighted by atomic mass is 9.83. The number of rotatable bonds is 12. The third-order valence-corrected chi connectivity index (χ3v) is 9.48. The second kappa shape index (κ2) is 15.1. The first-order chi connectivity index (χ1) is 19.9. The first-order valence-electron chi connectivity index (χ1n) is 14.9. The van der Waals surface area contributed by atoms with Crippen molar-refractivity contribution in [3.63, 3.8) is 0 Å². The quantitative estimate of drug-likeness (QED) is 0.218. The number of nitriles is 1. The van der Waals surface area contributed by atoms with Crippen LogP contribution in [0.25, 0.3) is 0 Å². The summed E-state index contributed by atoms with van der Waals surface area (Å²) >= 11 is 1.29. The molecule has 1 aliphatic carbocycles. The molecule has 3 amide bonds. The minimum Gasteiger partial charge on any atom is -0.392 e. The summed E-state index contributed by atoms with van der Waals surface area (Å²) in [5, 5.41) is 18.3. The van der Waals surface area contributed by atoms with Crippen LogP contribution in [-0.2, 0) is 9.59 Å². The van der Waals surface area contributed by atoms with Gasteiger partial charge in [0.1, 0.15) is 16.0 Å². The number of hydrogen-bond donors (Lipinski definition) is 4. The second-order valence-electron chi connectivity index (χ2n) is 11.1. The lowest BCUT2D eigenvalue weighted by Crippen LogP contribution is -2.37. The van der Waals surface area contributed by atoms with Crippen LogP contribution in [0.4, 0.5) is 5.69 Å². The molecule has 4 rings (SSSR count). The summed E-state index contributed by atoms with van der Waals surface area (Å²) in [6.07, 6.45) is 7.02. The van der Waals surface area contributed by atoms with E-state index < -0.39 is 5.25 Å². The molecular weight excluding hydrogens is 538 g/mol. The third kappa shape index (κ3) is 8.39. The molecule has 10 nitrogen and oxygen atoms in total. The van der Waals surface area contributed by atoms with Gasteiger partial charge in [-0.25, -0.2) is 0 Å². The maximum Gasteiger partial charge on any atom is 0.269 e. The maximum atomic E-state index is 13.1. The zero-order valence-corrected chi connectivity index (χ0v) is 24.8. The fourth-order valence-corrected chi connectivity index (χ4v) is 6.91. The van der Waals surface area contributed by atoms with E-state index in [2.05, 4.69) is 26.9 Å². The van der Waals surface area contributed by atoms with Crippen molar-refractivity contribution in [1.82, 2.24) is 20.4 Å². The van der Waals surface area contributed by atoms with Gasteiger partial charge in [0.2, 0.25) is 5.91 Å². The summed E-state index contributed by atoms with van der Waals surface area (Å²) in [4.78, 5) is 42.6. The molecule has 41 heavy (non-hydrogen) atoms. The molecule has 0 unspecified atom stereocenters. The molecule has 2 saturated heterocycles. The van der Waals surface area contributed by atoms with Crippen LogP contribution in [0.2, 0.25) is 0 Å². The number of amides is 3. The first-order valence-corrected chi connectivity index (χ1v) is 15.8. The number of nitrogens with one attached hydrogen (secondary N) is 3. The fourth-order valence-electron chi connectivity index (χ4n) is 5.68. The van der Waals surface area contributed by atoms with Crippen LogP contribution in [0, 0.1) is 23.2 Å². The number of thioether (sulfide) groups is 1. The van der Waals surface area contributed by atoms with Crippen molar-refractivity contribution in [2.45, 2.75) is 57.1 Å². The molecule has 0 spiro atoms. The number of carbonyl (C=O) groups excluding carboxylic acids is 3. The Balaban J connectivity index is 1.26. The van der Waals surface area contributed by atoms with Crippen molar-refractivity contribution < 1.29 is 14.4 Å². The van der Waals surface area contributed by atoms with Gasteiger partial charge in [-0.15, -0.1) is 0 Å². The van der Waals surface area contributed by atoms with E-state index >= 15 is 0 Å². The van der Waals surface area contributed by atoms with Crippen molar-refractivity contribution in [3.8, 4) is 6.07 Å². The number of nitrogens with zero attached hydrogens (tertiary/aromatic N) is 3. The van der Waals surface area contributed by atoms with Gasteiger partial charge in [-0.1, -0.05) is 17.8 Å². The molecule has 11 heteroatoms. The summed E-state index contributed by atoms with van der Waals surface area (Å²) in [6.45, 7) is 7.09. The minimum atomic E-state index is -0.444. The maximum absolute atomic E-state index is 13.1. The molecule has 2 heterocycles. The largest absolute Gasteiger partial charge is 0.392 e. The molecule has 0 bridgehead atoms. The second-order valence-corrected chi connectivity index (χ2v) is 12.3. The van der Waals surface area contributed by atoms with Crippen LogP contribution in [0.1, 0.15) is 62.2 Å². The normalized spacial score (nSPS) is 24.1. The molecule has 5 N–H and O–H groups in total. The highest BCUT2D eigenvalue weighted by atomic mass is 32.2. The Bertz CT molecular complexity index is 1150. The predicted octanol–water partition coefficient (Wildman–Crippen LogP) is 2.85. The smallest absolute Gasteiger partial charge is 0.269 e. The Morgan fingerprint density at radius 3 is 2.59 bits per heavy atom. The highest BCUT2D eigenvalue weighted by Crippen LogP contribution is 2.36. The van der Waals surface area contributed by atoms with Gasteiger partial charge < -0.3 is 31.5 Å². The third-order valence-electron chi connectivity index (χ3n) is 8.16. The highest BCUT2D eigenvalue weighted by molar-refractivity contribution is 8.04. The molecule has 2 aliphatic heterocycles. The van der Waals surface area contributed by atoms with Crippen molar-refractivity contribution in [2.24, 2.45) is 17.6 Å². The lowest BCUT2D eigenvalue weighted by Gasteiger charge is -2.25. The number of benzene rings is 1. The van der Waals surface area contributed by atoms with Gasteiger partial charge in [-0.05, 0) is 95.6 Å². The number of nitrogens with two attached hydrogens (primary N) is 1. The molecule has 1 aromatic carbocycles. The van der Waals surface area contributed by atoms with Gasteiger partial charge in [0.05, 0.1) is 6.07 Å². The fraction of sp³-hybridized carbons (Fsp3) is 0.600. The Morgan fingerprint density at radius 2 is 1.88 bits per heavy atom. The molecular formula is C30H43N7O3S. The van der Waals surface area contributed by atoms with E-state index in [1.165, 1.54) is 24.6 Å². The minimum absolute atomic E-state index is 0.0572. The first kappa shape index (κ1) is 30.7. The zero-order chi connectivity index (χ0) is 29.2. The number of likely N-dealkylation sites (tertiary alicyclic amines) is 1. The van der Waals surface area contributed by atoms with Crippen molar-refractivity contribution in [3.05, 3.63) is 40.6 Å². The average molecular weight is 582 g/mol. The summed E-state index contributed by atoms with van der Waals surface area (Å²) in [6, 6.07) is 9.60. The zero-order valence-electron chi connectivity index (χ0n) is 24.0. The molecule has 222 valence electrons. The van der Waals surface area contributed by atoms with Gasteiger partial charge in [-0.3, -0.25) is 14.4 Å². The SMILES string of the molecule is CCN1C(=O)[C@@H](CNc2cccc(C(=O)NCCCN3CCCC3)c2)S/C1=C(/N)C(=O)NCC1CCC(C#N)CC1. The van der Waals surface area contributed by atoms with Crippen LogP contribution < -0.4 is 21.7 Å². The van der Waals surface area contributed by atoms with Gasteiger partial charge in [0.25, 0.3) is 11.8 Å². The Hall–Kier alpha value is -3.23. The van der Waals surface area contributed by atoms with Crippen LogP contribution in [-0.4, -0.2) is 78.6 Å². The van der Waals surface area contributed by atoms with E-state index in [0.29, 0.717) is 42.7 Å². The molecule has 1 atom stereocenters. The van der Waals surface area contributed by atoms with Gasteiger partial charge in [0, 0.05) is 43.3 Å². The molecule has 1 saturated carbocycles. The highest BCUT2D eigenvalue weighted by Gasteiger charge is 2.38. The Labute approximate surface area is 247 Å². The average Bonchev–Trinajstić information content (AvgIpc) is 3.64. The van der Waals surface area contributed by atoms with Crippen molar-refractivity contribution >= 4 is 35.2 Å². The summed E-state index contributed by atoms with van der Waals surface area (Å²) in [5.74, 6) is -0.119. The van der Waals surface area contributed by atoms with Crippen LogP contribution >= 0.6 is 11.8 Å². The molecule has 0 radical (unpaired) electrons. The number of carbonyl (C=O) groups is 3. The molecule has 3 aliphatic rings. The lowest BCUT2D eigenvalue weighted by molar-refractivity contribution is -0.127. The standard InChI is InChI=1S/C30H43N7O3S/c1-2-37-29(40)25(41-30(37)26(32)28(39)35-19-22-11-9-21(18-31)10-12-22)20-34-24-8-5-7-23(17-24)27(38)33-13-6-16-36-14-3-4-15-36/h5,7-8,17,21-22,25,34H,2-4,6,9-16,19-20,32H2,1H3,(H,33,38)(H,35,39)/b30-26+/t21?,22?,25-/m1/s1. The van der Waals surface area contributed by atoms with E-state index in [1.54, 1.807) is 17.0 Å². The van der Waals surface area contributed by atoms with E-state index in [0.717, 1.165) is 57.4 Å². The summed E-state index contributed by atoms with van der Waals surface area (Å²) in [7, 11) is 0. The summed E-state index contributed by atoms with van der Waals surface area (Å²) < 4.78 is 0. The van der Waals surface area contributed by atoms with E-state index in [4.69, 9.17) is 11.0 Å². The van der Waals surface area contributed by atoms with E-state index in [9.17, 15) is 14.4 Å². The van der Waals surface area contributed by atoms with E-state index in [-0.39, 0.29) is 29.3 Å². The van der Waals surface area contributed by atoms with Crippen molar-refractivity contribution in [2.75, 3.05) is 51.1 Å². The topological polar surface area (TPSA) is 144 Å². The Morgan fingerprint density at radius 1 is 1.12 bits per heavy atom. The molecule has 0 aromatic heterocycles.